The predicted octanol–water partition coefficient (Wildman–Crippen LogP) is 3.72. The van der Waals surface area contributed by atoms with Gasteiger partial charge in [-0.2, -0.15) is 4.31 Å². The number of sulfonamides is 1. The summed E-state index contributed by atoms with van der Waals surface area (Å²) in [5, 5.41) is 0.538. The molecule has 0 N–H and O–H groups in total. The van der Waals surface area contributed by atoms with E-state index in [1.165, 1.54) is 0 Å². The van der Waals surface area contributed by atoms with Crippen molar-refractivity contribution in [3.8, 4) is 5.75 Å². The number of ether oxygens (including phenoxy) is 2. The standard InChI is InChI=1S/C24H27ClF2N2O5S/c25-18-5-7-19(8-6-18)34-17-24(15-22(30)28-11-13-33-14-12-28)9-2-10-29(16-24)35(31,32)23-20(26)3-1-4-21(23)27/h1,3-8H,2,9-17H2. The summed E-state index contributed by atoms with van der Waals surface area (Å²) in [6.45, 7) is 1.82. The van der Waals surface area contributed by atoms with E-state index in [4.69, 9.17) is 21.1 Å². The van der Waals surface area contributed by atoms with Crippen molar-refractivity contribution < 1.29 is 31.5 Å². The van der Waals surface area contributed by atoms with Crippen molar-refractivity contribution in [3.05, 3.63) is 59.1 Å². The molecule has 2 aliphatic heterocycles. The van der Waals surface area contributed by atoms with Gasteiger partial charge in [0.25, 0.3) is 0 Å². The molecule has 0 radical (unpaired) electrons. The van der Waals surface area contributed by atoms with E-state index in [9.17, 15) is 22.0 Å². The van der Waals surface area contributed by atoms with Crippen molar-refractivity contribution in [1.82, 2.24) is 9.21 Å². The van der Waals surface area contributed by atoms with E-state index < -0.39 is 32.0 Å². The topological polar surface area (TPSA) is 76.2 Å². The summed E-state index contributed by atoms with van der Waals surface area (Å²) in [6, 6.07) is 9.66. The van der Waals surface area contributed by atoms with Crippen LogP contribution in [0.25, 0.3) is 0 Å². The second kappa shape index (κ2) is 10.8. The molecular weight excluding hydrogens is 502 g/mol. The highest BCUT2D eigenvalue weighted by Crippen LogP contribution is 2.38. The summed E-state index contributed by atoms with van der Waals surface area (Å²) in [4.78, 5) is 13.9. The Kier molecular flexibility index (Phi) is 7.95. The average molecular weight is 529 g/mol. The van der Waals surface area contributed by atoms with Gasteiger partial charge in [-0.15, -0.1) is 0 Å². The Labute approximate surface area is 208 Å². The van der Waals surface area contributed by atoms with Crippen LogP contribution in [0.15, 0.2) is 47.4 Å². The van der Waals surface area contributed by atoms with Gasteiger partial charge in [0.15, 0.2) is 4.90 Å². The van der Waals surface area contributed by atoms with Crippen LogP contribution in [-0.2, 0) is 19.6 Å². The first-order valence-corrected chi connectivity index (χ1v) is 13.2. The monoisotopic (exact) mass is 528 g/mol. The molecule has 0 saturated carbocycles. The molecule has 7 nitrogen and oxygen atoms in total. The van der Waals surface area contributed by atoms with E-state index >= 15 is 0 Å². The van der Waals surface area contributed by atoms with Gasteiger partial charge in [-0.05, 0) is 49.2 Å². The molecule has 4 rings (SSSR count). The van der Waals surface area contributed by atoms with Crippen molar-refractivity contribution >= 4 is 27.5 Å². The van der Waals surface area contributed by atoms with Crippen molar-refractivity contribution in [2.75, 3.05) is 46.0 Å². The van der Waals surface area contributed by atoms with Gasteiger partial charge in [-0.25, -0.2) is 17.2 Å². The van der Waals surface area contributed by atoms with E-state index in [1.54, 1.807) is 29.2 Å². The maximum Gasteiger partial charge on any atom is 0.248 e. The summed E-state index contributed by atoms with van der Waals surface area (Å²) < 4.78 is 67.8. The zero-order valence-electron chi connectivity index (χ0n) is 19.1. The second-order valence-electron chi connectivity index (χ2n) is 8.91. The molecule has 0 aliphatic carbocycles. The summed E-state index contributed by atoms with van der Waals surface area (Å²) in [5.74, 6) is -1.91. The lowest BCUT2D eigenvalue weighted by molar-refractivity contribution is -0.139. The SMILES string of the molecule is O=C(CC1(COc2ccc(Cl)cc2)CCCN(S(=O)(=O)c2c(F)cccc2F)C1)N1CCOCC1. The molecule has 1 amide bonds. The number of carbonyl (C=O) groups is 1. The molecule has 2 saturated heterocycles. The van der Waals surface area contributed by atoms with E-state index in [1.807, 2.05) is 0 Å². The Morgan fingerprint density at radius 1 is 1.06 bits per heavy atom. The molecular formula is C24H27ClF2N2O5S. The van der Waals surface area contributed by atoms with Gasteiger partial charge in [-0.3, -0.25) is 4.79 Å². The molecule has 0 aromatic heterocycles. The lowest BCUT2D eigenvalue weighted by Crippen LogP contribution is -2.52. The first-order chi connectivity index (χ1) is 16.7. The molecule has 2 heterocycles. The van der Waals surface area contributed by atoms with Gasteiger partial charge in [-0.1, -0.05) is 17.7 Å². The van der Waals surface area contributed by atoms with E-state index in [2.05, 4.69) is 0 Å². The number of halogens is 3. The third-order valence-corrected chi connectivity index (χ3v) is 8.54. The van der Waals surface area contributed by atoms with Crippen molar-refractivity contribution in [1.29, 1.82) is 0 Å². The highest BCUT2D eigenvalue weighted by molar-refractivity contribution is 7.89. The van der Waals surface area contributed by atoms with E-state index in [0.29, 0.717) is 49.9 Å². The minimum absolute atomic E-state index is 0.0341. The van der Waals surface area contributed by atoms with Gasteiger partial charge < -0.3 is 14.4 Å². The number of rotatable bonds is 7. The van der Waals surface area contributed by atoms with Crippen LogP contribution in [0.2, 0.25) is 5.02 Å². The lowest BCUT2D eigenvalue weighted by atomic mass is 9.78. The Morgan fingerprint density at radius 3 is 2.37 bits per heavy atom. The molecule has 11 heteroatoms. The van der Waals surface area contributed by atoms with Crippen LogP contribution < -0.4 is 4.74 Å². The van der Waals surface area contributed by atoms with Gasteiger partial charge in [0.1, 0.15) is 17.4 Å². The molecule has 35 heavy (non-hydrogen) atoms. The van der Waals surface area contributed by atoms with Crippen LogP contribution in [-0.4, -0.2) is 69.5 Å². The van der Waals surface area contributed by atoms with Crippen LogP contribution in [0.3, 0.4) is 0 Å². The summed E-state index contributed by atoms with van der Waals surface area (Å²) >= 11 is 5.95. The average Bonchev–Trinajstić information content (AvgIpc) is 2.84. The quantitative estimate of drug-likeness (QED) is 0.547. The summed E-state index contributed by atoms with van der Waals surface area (Å²) in [7, 11) is -4.48. The number of amides is 1. The lowest BCUT2D eigenvalue weighted by Gasteiger charge is -2.42. The number of piperidine rings is 1. The Hall–Kier alpha value is -2.27. The minimum atomic E-state index is -4.48. The summed E-state index contributed by atoms with van der Waals surface area (Å²) in [6.07, 6.45) is 0.963. The first-order valence-electron chi connectivity index (χ1n) is 11.4. The molecule has 2 aliphatic rings. The van der Waals surface area contributed by atoms with Crippen LogP contribution in [0.5, 0.6) is 5.75 Å². The van der Waals surface area contributed by atoms with E-state index in [-0.39, 0.29) is 32.0 Å². The van der Waals surface area contributed by atoms with Crippen LogP contribution in [0.1, 0.15) is 19.3 Å². The fourth-order valence-electron chi connectivity index (χ4n) is 4.55. The molecule has 1 unspecified atom stereocenters. The van der Waals surface area contributed by atoms with Gasteiger partial charge in [0.2, 0.25) is 15.9 Å². The minimum Gasteiger partial charge on any atom is -0.493 e. The molecule has 2 aromatic rings. The number of carbonyl (C=O) groups excluding carboxylic acids is 1. The molecule has 2 aromatic carbocycles. The van der Waals surface area contributed by atoms with E-state index in [0.717, 1.165) is 22.5 Å². The largest absolute Gasteiger partial charge is 0.493 e. The highest BCUT2D eigenvalue weighted by Gasteiger charge is 2.44. The molecule has 2 fully saturated rings. The fourth-order valence-corrected chi connectivity index (χ4v) is 6.38. The third kappa shape index (κ3) is 5.94. The maximum absolute atomic E-state index is 14.4. The molecule has 0 bridgehead atoms. The number of benzene rings is 2. The predicted molar refractivity (Wildman–Crippen MR) is 126 cm³/mol. The Bertz CT molecular complexity index is 1140. The number of nitrogens with zero attached hydrogens (tertiary/aromatic N) is 2. The van der Waals surface area contributed by atoms with Gasteiger partial charge in [0.05, 0.1) is 19.8 Å². The van der Waals surface area contributed by atoms with Crippen LogP contribution in [0, 0.1) is 17.0 Å². The third-order valence-electron chi connectivity index (χ3n) is 6.39. The zero-order chi connectivity index (χ0) is 25.1. The second-order valence-corrected chi connectivity index (χ2v) is 11.2. The zero-order valence-corrected chi connectivity index (χ0v) is 20.7. The molecule has 1 atom stereocenters. The van der Waals surface area contributed by atoms with Crippen LogP contribution in [0.4, 0.5) is 8.78 Å². The Morgan fingerprint density at radius 2 is 1.71 bits per heavy atom. The van der Waals surface area contributed by atoms with Crippen molar-refractivity contribution in [2.24, 2.45) is 5.41 Å². The first kappa shape index (κ1) is 25.8. The number of hydrogen-bond donors (Lipinski definition) is 0. The normalized spacial score (nSPS) is 21.6. The fraction of sp³-hybridized carbons (Fsp3) is 0.458. The maximum atomic E-state index is 14.4. The van der Waals surface area contributed by atoms with Crippen LogP contribution >= 0.6 is 11.6 Å². The highest BCUT2D eigenvalue weighted by atomic mass is 35.5. The van der Waals surface area contributed by atoms with Gasteiger partial charge in [0, 0.05) is 43.0 Å². The Balaban J connectivity index is 1.61. The van der Waals surface area contributed by atoms with Gasteiger partial charge >= 0.3 is 0 Å². The number of morpholine rings is 1. The molecule has 0 spiro atoms. The van der Waals surface area contributed by atoms with Crippen molar-refractivity contribution in [3.63, 3.8) is 0 Å². The smallest absolute Gasteiger partial charge is 0.248 e. The summed E-state index contributed by atoms with van der Waals surface area (Å²) in [5.41, 5.74) is -0.887. The number of hydrogen-bond acceptors (Lipinski definition) is 5. The molecule has 190 valence electrons. The van der Waals surface area contributed by atoms with Crippen molar-refractivity contribution in [2.45, 2.75) is 24.2 Å².